The van der Waals surface area contributed by atoms with Crippen LogP contribution in [0.25, 0.3) is 10.2 Å². The predicted octanol–water partition coefficient (Wildman–Crippen LogP) is 4.60. The van der Waals surface area contributed by atoms with Gasteiger partial charge in [0.15, 0.2) is 0 Å². The first-order valence-electron chi connectivity index (χ1n) is 6.74. The quantitative estimate of drug-likeness (QED) is 0.661. The van der Waals surface area contributed by atoms with Crippen molar-refractivity contribution in [2.75, 3.05) is 11.9 Å². The molecule has 0 saturated heterocycles. The van der Waals surface area contributed by atoms with Crippen LogP contribution in [0, 0.1) is 13.8 Å². The van der Waals surface area contributed by atoms with Gasteiger partial charge in [0.1, 0.15) is 10.6 Å². The fourth-order valence-electron chi connectivity index (χ4n) is 2.41. The van der Waals surface area contributed by atoms with Crippen molar-refractivity contribution in [3.63, 3.8) is 0 Å². The summed E-state index contributed by atoms with van der Waals surface area (Å²) in [7, 11) is 2.04. The molecule has 0 fully saturated rings. The minimum Gasteiger partial charge on any atom is -0.355 e. The molecular weight excluding hydrogens is 302 g/mol. The third-order valence-corrected chi connectivity index (χ3v) is 4.61. The van der Waals surface area contributed by atoms with Gasteiger partial charge in [-0.05, 0) is 42.6 Å². The van der Waals surface area contributed by atoms with Gasteiger partial charge in [-0.3, -0.25) is 0 Å². The highest BCUT2D eigenvalue weighted by molar-refractivity contribution is 7.18. The highest BCUT2D eigenvalue weighted by atomic mass is 35.5. The zero-order valence-corrected chi connectivity index (χ0v) is 13.8. The lowest BCUT2D eigenvalue weighted by Gasteiger charge is -2.20. The Kier molecular flexibility index (Phi) is 3.83. The molecule has 0 bridgehead atoms. The van der Waals surface area contributed by atoms with Crippen LogP contribution in [0.1, 0.15) is 16.0 Å². The molecule has 3 aromatic rings. The van der Waals surface area contributed by atoms with Gasteiger partial charge < -0.3 is 4.90 Å². The highest BCUT2D eigenvalue weighted by Gasteiger charge is 2.14. The van der Waals surface area contributed by atoms with Crippen LogP contribution in [0.2, 0.25) is 5.28 Å². The molecule has 0 aliphatic heterocycles. The second kappa shape index (κ2) is 5.62. The summed E-state index contributed by atoms with van der Waals surface area (Å²) in [4.78, 5) is 13.0. The summed E-state index contributed by atoms with van der Waals surface area (Å²) in [6.07, 6.45) is 0. The molecule has 0 saturated carbocycles. The van der Waals surface area contributed by atoms with Crippen LogP contribution in [-0.4, -0.2) is 17.0 Å². The zero-order valence-electron chi connectivity index (χ0n) is 12.2. The number of benzene rings is 1. The predicted molar refractivity (Wildman–Crippen MR) is 90.4 cm³/mol. The third kappa shape index (κ3) is 2.87. The molecule has 2 aromatic heterocycles. The first kappa shape index (κ1) is 14.3. The van der Waals surface area contributed by atoms with Crippen LogP contribution in [0.4, 0.5) is 5.82 Å². The minimum absolute atomic E-state index is 0.302. The van der Waals surface area contributed by atoms with Gasteiger partial charge in [-0.25, -0.2) is 4.98 Å². The highest BCUT2D eigenvalue weighted by Crippen LogP contribution is 2.31. The monoisotopic (exact) mass is 317 g/mol. The first-order chi connectivity index (χ1) is 10.0. The second-order valence-corrected chi connectivity index (χ2v) is 6.75. The molecular formula is C16H16ClN3S. The molecule has 0 aliphatic rings. The smallest absolute Gasteiger partial charge is 0.225 e. The maximum absolute atomic E-state index is 6.07. The summed E-state index contributed by atoms with van der Waals surface area (Å²) in [6, 6.07) is 10.5. The summed E-state index contributed by atoms with van der Waals surface area (Å²) in [5.74, 6) is 0.887. The summed E-state index contributed by atoms with van der Waals surface area (Å²) >= 11 is 7.71. The van der Waals surface area contributed by atoms with E-state index in [1.165, 1.54) is 16.0 Å². The lowest BCUT2D eigenvalue weighted by atomic mass is 10.1. The van der Waals surface area contributed by atoms with E-state index >= 15 is 0 Å². The van der Waals surface area contributed by atoms with Gasteiger partial charge in [-0.2, -0.15) is 4.98 Å². The van der Waals surface area contributed by atoms with E-state index in [-0.39, 0.29) is 0 Å². The number of rotatable bonds is 3. The SMILES string of the molecule is Cc1cc2c(N(C)Cc3ccccc3C)nc(Cl)nc2s1. The van der Waals surface area contributed by atoms with Crippen molar-refractivity contribution < 1.29 is 0 Å². The number of halogens is 1. The fourth-order valence-corrected chi connectivity index (χ4v) is 3.50. The largest absolute Gasteiger partial charge is 0.355 e. The number of thiophene rings is 1. The van der Waals surface area contributed by atoms with Crippen LogP contribution in [0.5, 0.6) is 0 Å². The molecule has 0 amide bonds. The molecule has 0 N–H and O–H groups in total. The van der Waals surface area contributed by atoms with Crippen molar-refractivity contribution in [3.05, 3.63) is 51.6 Å². The third-order valence-electron chi connectivity index (χ3n) is 3.50. The van der Waals surface area contributed by atoms with Crippen LogP contribution in [0.15, 0.2) is 30.3 Å². The number of anilines is 1. The van der Waals surface area contributed by atoms with Gasteiger partial charge in [0.25, 0.3) is 0 Å². The lowest BCUT2D eigenvalue weighted by molar-refractivity contribution is 0.894. The molecule has 5 heteroatoms. The van der Waals surface area contributed by atoms with Gasteiger partial charge in [-0.1, -0.05) is 24.3 Å². The van der Waals surface area contributed by atoms with Crippen LogP contribution >= 0.6 is 22.9 Å². The van der Waals surface area contributed by atoms with Gasteiger partial charge >= 0.3 is 0 Å². The van der Waals surface area contributed by atoms with Gasteiger partial charge in [-0.15, -0.1) is 11.3 Å². The Morgan fingerprint density at radius 2 is 1.95 bits per heavy atom. The van der Waals surface area contributed by atoms with Crippen LogP contribution in [-0.2, 0) is 6.54 Å². The topological polar surface area (TPSA) is 29.0 Å². The van der Waals surface area contributed by atoms with E-state index in [0.717, 1.165) is 22.6 Å². The van der Waals surface area contributed by atoms with Crippen molar-refractivity contribution in [1.82, 2.24) is 9.97 Å². The number of aromatic nitrogens is 2. The van der Waals surface area contributed by atoms with E-state index in [1.807, 2.05) is 7.05 Å². The van der Waals surface area contributed by atoms with Crippen LogP contribution in [0.3, 0.4) is 0 Å². The van der Waals surface area contributed by atoms with E-state index in [9.17, 15) is 0 Å². The molecule has 0 atom stereocenters. The molecule has 0 unspecified atom stereocenters. The van der Waals surface area contributed by atoms with E-state index in [0.29, 0.717) is 5.28 Å². The zero-order chi connectivity index (χ0) is 15.0. The van der Waals surface area contributed by atoms with Gasteiger partial charge in [0, 0.05) is 18.5 Å². The van der Waals surface area contributed by atoms with E-state index in [4.69, 9.17) is 11.6 Å². The van der Waals surface area contributed by atoms with Crippen molar-refractivity contribution in [1.29, 1.82) is 0 Å². The average Bonchev–Trinajstić information content (AvgIpc) is 2.80. The Hall–Kier alpha value is -1.65. The number of aryl methyl sites for hydroxylation is 2. The summed E-state index contributed by atoms with van der Waals surface area (Å²) < 4.78 is 0. The van der Waals surface area contributed by atoms with Crippen LogP contribution < -0.4 is 4.90 Å². The molecule has 3 rings (SSSR count). The van der Waals surface area contributed by atoms with Gasteiger partial charge in [0.05, 0.1) is 5.39 Å². The van der Waals surface area contributed by atoms with E-state index in [1.54, 1.807) is 11.3 Å². The lowest BCUT2D eigenvalue weighted by Crippen LogP contribution is -2.18. The number of hydrogen-bond acceptors (Lipinski definition) is 4. The first-order valence-corrected chi connectivity index (χ1v) is 7.93. The van der Waals surface area contributed by atoms with Gasteiger partial charge in [0.2, 0.25) is 5.28 Å². The van der Waals surface area contributed by atoms with E-state index < -0.39 is 0 Å². The molecule has 108 valence electrons. The standard InChI is InChI=1S/C16H16ClN3S/c1-10-6-4-5-7-12(10)9-20(3)14-13-8-11(2)21-15(13)19-16(17)18-14/h4-8H,9H2,1-3H3. The molecule has 1 aromatic carbocycles. The summed E-state index contributed by atoms with van der Waals surface area (Å²) in [5, 5.41) is 1.37. The molecule has 0 aliphatic carbocycles. The molecule has 0 radical (unpaired) electrons. The Balaban J connectivity index is 2.01. The van der Waals surface area contributed by atoms with Crippen molar-refractivity contribution >= 4 is 39.0 Å². The normalized spacial score (nSPS) is 11.0. The van der Waals surface area contributed by atoms with Crippen molar-refractivity contribution in [2.24, 2.45) is 0 Å². The number of hydrogen-bond donors (Lipinski definition) is 0. The Bertz CT molecular complexity index is 797. The summed E-state index contributed by atoms with van der Waals surface area (Å²) in [5.41, 5.74) is 2.57. The van der Waals surface area contributed by atoms with E-state index in [2.05, 4.69) is 59.0 Å². The Morgan fingerprint density at radius 1 is 1.19 bits per heavy atom. The minimum atomic E-state index is 0.302. The van der Waals surface area contributed by atoms with Crippen molar-refractivity contribution in [2.45, 2.75) is 20.4 Å². The molecule has 2 heterocycles. The maximum Gasteiger partial charge on any atom is 0.225 e. The molecule has 0 spiro atoms. The fraction of sp³-hybridized carbons (Fsp3) is 0.250. The second-order valence-electron chi connectivity index (χ2n) is 5.17. The summed E-state index contributed by atoms with van der Waals surface area (Å²) in [6.45, 7) is 5.00. The molecule has 3 nitrogen and oxygen atoms in total. The average molecular weight is 318 g/mol. The maximum atomic E-state index is 6.07. The van der Waals surface area contributed by atoms with Crippen molar-refractivity contribution in [3.8, 4) is 0 Å². The Morgan fingerprint density at radius 3 is 2.71 bits per heavy atom. The number of fused-ring (bicyclic) bond motifs is 1. The number of nitrogens with zero attached hydrogens (tertiary/aromatic N) is 3. The Labute approximate surface area is 133 Å². The molecule has 21 heavy (non-hydrogen) atoms.